The van der Waals surface area contributed by atoms with Crippen LogP contribution < -0.4 is 0 Å². The molecule has 3 atom stereocenters. The Balaban J connectivity index is 1.55. The molecule has 2 aromatic rings. The minimum Gasteiger partial charge on any atom is -0.477 e. The highest BCUT2D eigenvalue weighted by molar-refractivity contribution is 7.92. The van der Waals surface area contributed by atoms with Gasteiger partial charge >= 0.3 is 11.9 Å². The summed E-state index contributed by atoms with van der Waals surface area (Å²) in [5, 5.41) is 8.55. The number of carboxylic acids is 1. The van der Waals surface area contributed by atoms with Crippen LogP contribution in [0.4, 0.5) is 0 Å². The Bertz CT molecular complexity index is 1280. The summed E-state index contributed by atoms with van der Waals surface area (Å²) < 4.78 is 31.4. The molecule has 1 saturated heterocycles. The van der Waals surface area contributed by atoms with E-state index in [0.29, 0.717) is 6.42 Å². The molecule has 0 radical (unpaired) electrons. The van der Waals surface area contributed by atoms with Crippen LogP contribution in [0, 0.1) is 11.8 Å². The summed E-state index contributed by atoms with van der Waals surface area (Å²) >= 11 is 0. The maximum absolute atomic E-state index is 13.4. The normalized spacial score (nSPS) is 26.3. The largest absolute Gasteiger partial charge is 0.477 e. The van der Waals surface area contributed by atoms with Gasteiger partial charge in [-0.05, 0) is 23.5 Å². The predicted molar refractivity (Wildman–Crippen MR) is 121 cm³/mol. The number of nitrogens with zero attached hydrogens (tertiary/aromatic N) is 1. The van der Waals surface area contributed by atoms with Crippen molar-refractivity contribution < 1.29 is 32.6 Å². The number of sulfone groups is 1. The molecule has 9 heteroatoms. The first-order chi connectivity index (χ1) is 16.2. The van der Waals surface area contributed by atoms with Crippen molar-refractivity contribution in [2.45, 2.75) is 24.1 Å². The van der Waals surface area contributed by atoms with E-state index in [2.05, 4.69) is 0 Å². The second-order valence-electron chi connectivity index (χ2n) is 8.98. The number of aliphatic carboxylic acids is 1. The van der Waals surface area contributed by atoms with Crippen LogP contribution in [0.2, 0.25) is 0 Å². The molecule has 1 amide bonds. The van der Waals surface area contributed by atoms with Crippen LogP contribution in [0.5, 0.6) is 0 Å². The molecular weight excluding hydrogens is 458 g/mol. The van der Waals surface area contributed by atoms with Crippen LogP contribution in [0.1, 0.15) is 24.5 Å². The second-order valence-corrected chi connectivity index (χ2v) is 11.1. The Hall–Kier alpha value is -3.46. The van der Waals surface area contributed by atoms with E-state index in [-0.39, 0.29) is 11.5 Å². The summed E-state index contributed by atoms with van der Waals surface area (Å²) in [5.74, 6) is -4.31. The van der Waals surface area contributed by atoms with Crippen LogP contribution in [-0.4, -0.2) is 54.0 Å². The first kappa shape index (κ1) is 22.3. The van der Waals surface area contributed by atoms with Crippen LogP contribution >= 0.6 is 0 Å². The van der Waals surface area contributed by atoms with Crippen molar-refractivity contribution in [3.05, 3.63) is 83.1 Å². The summed E-state index contributed by atoms with van der Waals surface area (Å²) in [4.78, 5) is 37.5. The molecule has 3 aliphatic rings. The number of esters is 1. The minimum atomic E-state index is -3.90. The van der Waals surface area contributed by atoms with Crippen LogP contribution in [0.15, 0.2) is 71.9 Å². The average Bonchev–Trinajstić information content (AvgIpc) is 3.54. The molecular formula is C25H23NO7S. The fourth-order valence-electron chi connectivity index (χ4n) is 5.62. The van der Waals surface area contributed by atoms with Gasteiger partial charge in [0.15, 0.2) is 15.2 Å². The Morgan fingerprint density at radius 3 is 2.12 bits per heavy atom. The topological polar surface area (TPSA) is 118 Å². The highest BCUT2D eigenvalue weighted by Crippen LogP contribution is 2.65. The van der Waals surface area contributed by atoms with E-state index in [1.54, 1.807) is 0 Å². The van der Waals surface area contributed by atoms with E-state index in [0.717, 1.165) is 23.0 Å². The van der Waals surface area contributed by atoms with Gasteiger partial charge in [-0.15, -0.1) is 0 Å². The smallest absolute Gasteiger partial charge is 0.352 e. The maximum atomic E-state index is 13.4. The third kappa shape index (κ3) is 3.26. The highest BCUT2D eigenvalue weighted by Gasteiger charge is 2.71. The zero-order valence-corrected chi connectivity index (χ0v) is 19.2. The molecule has 2 heterocycles. The highest BCUT2D eigenvalue weighted by atomic mass is 32.2. The van der Waals surface area contributed by atoms with E-state index >= 15 is 0 Å². The van der Waals surface area contributed by atoms with Gasteiger partial charge in [-0.1, -0.05) is 60.7 Å². The fraction of sp³-hybridized carbons (Fsp3) is 0.320. The molecule has 1 N–H and O–H groups in total. The summed E-state index contributed by atoms with van der Waals surface area (Å²) in [6.07, 6.45) is 0.587. The van der Waals surface area contributed by atoms with Crippen molar-refractivity contribution in [1.29, 1.82) is 0 Å². The standard InChI is InChI=1S/C25H23NO7S/c1-15(27)33-13-16-14-34(31,32)23-20(22(28)26(23)21(16)24(29)30)19-12-25(19,17-8-4-2-5-9-17)18-10-6-3-7-11-18/h2-11,19-20,23H,12-14H2,1H3,(H,29,30)/t19?,20?,23-/m0/s1. The lowest BCUT2D eigenvalue weighted by atomic mass is 9.79. The molecule has 34 heavy (non-hydrogen) atoms. The zero-order valence-electron chi connectivity index (χ0n) is 18.4. The van der Waals surface area contributed by atoms with Gasteiger partial charge in [-0.2, -0.15) is 0 Å². The predicted octanol–water partition coefficient (Wildman–Crippen LogP) is 2.11. The van der Waals surface area contributed by atoms with E-state index in [4.69, 9.17) is 4.74 Å². The van der Waals surface area contributed by atoms with E-state index in [1.807, 2.05) is 60.7 Å². The Morgan fingerprint density at radius 2 is 1.62 bits per heavy atom. The molecule has 2 fully saturated rings. The Kier molecular flexibility index (Phi) is 5.12. The molecule has 2 aliphatic heterocycles. The number of ether oxygens (including phenoxy) is 1. The number of fused-ring (bicyclic) bond motifs is 1. The number of rotatable bonds is 6. The van der Waals surface area contributed by atoms with Gasteiger partial charge in [0.2, 0.25) is 5.91 Å². The molecule has 8 nitrogen and oxygen atoms in total. The van der Waals surface area contributed by atoms with Gasteiger partial charge < -0.3 is 9.84 Å². The zero-order chi connectivity index (χ0) is 24.3. The van der Waals surface area contributed by atoms with Crippen LogP contribution in [0.25, 0.3) is 0 Å². The van der Waals surface area contributed by atoms with Crippen molar-refractivity contribution >= 4 is 27.7 Å². The van der Waals surface area contributed by atoms with Crippen LogP contribution in [-0.2, 0) is 34.4 Å². The van der Waals surface area contributed by atoms with Crippen LogP contribution in [0.3, 0.4) is 0 Å². The van der Waals surface area contributed by atoms with Gasteiger partial charge in [-0.25, -0.2) is 13.2 Å². The first-order valence-corrected chi connectivity index (χ1v) is 12.6. The lowest BCUT2D eigenvalue weighted by molar-refractivity contribution is -0.154. The molecule has 5 rings (SSSR count). The number of amides is 1. The SMILES string of the molecule is CC(=O)OCC1=C(C(=O)O)N2C(=O)C(C3CC3(c3ccccc3)c3ccccc3)[C@@H]2S(=O)(=O)C1. The quantitative estimate of drug-likeness (QED) is 0.496. The second kappa shape index (κ2) is 7.80. The summed E-state index contributed by atoms with van der Waals surface area (Å²) in [5.41, 5.74) is 0.979. The molecule has 176 valence electrons. The number of hydrogen-bond acceptors (Lipinski definition) is 6. The molecule has 0 spiro atoms. The van der Waals surface area contributed by atoms with Gasteiger partial charge in [0.05, 0.1) is 11.7 Å². The maximum Gasteiger partial charge on any atom is 0.352 e. The number of hydrogen-bond donors (Lipinski definition) is 1. The van der Waals surface area contributed by atoms with Gasteiger partial charge in [0.1, 0.15) is 12.3 Å². The van der Waals surface area contributed by atoms with Gasteiger partial charge in [0, 0.05) is 17.9 Å². The Morgan fingerprint density at radius 1 is 1.06 bits per heavy atom. The van der Waals surface area contributed by atoms with E-state index in [1.165, 1.54) is 0 Å². The first-order valence-electron chi connectivity index (χ1n) is 10.9. The monoisotopic (exact) mass is 481 g/mol. The van der Waals surface area contributed by atoms with Gasteiger partial charge in [-0.3, -0.25) is 14.5 Å². The average molecular weight is 482 g/mol. The number of benzene rings is 2. The van der Waals surface area contributed by atoms with E-state index < -0.39 is 62.4 Å². The molecule has 1 saturated carbocycles. The molecule has 2 unspecified atom stereocenters. The van der Waals surface area contributed by atoms with Gasteiger partial charge in [0.25, 0.3) is 0 Å². The molecule has 2 aromatic carbocycles. The summed E-state index contributed by atoms with van der Waals surface area (Å²) in [6.45, 7) is 0.657. The lowest BCUT2D eigenvalue weighted by Crippen LogP contribution is -2.68. The fourth-order valence-corrected chi connectivity index (χ4v) is 7.78. The lowest BCUT2D eigenvalue weighted by Gasteiger charge is -2.50. The number of carbonyl (C=O) groups is 3. The molecule has 0 aromatic heterocycles. The van der Waals surface area contributed by atoms with E-state index in [9.17, 15) is 27.9 Å². The number of carbonyl (C=O) groups excluding carboxylic acids is 2. The van der Waals surface area contributed by atoms with Crippen molar-refractivity contribution in [3.63, 3.8) is 0 Å². The van der Waals surface area contributed by atoms with Crippen molar-refractivity contribution in [1.82, 2.24) is 4.90 Å². The summed E-state index contributed by atoms with van der Waals surface area (Å²) in [6, 6.07) is 19.3. The number of β-lactam (4-membered cyclic amide) rings is 1. The van der Waals surface area contributed by atoms with Crippen molar-refractivity contribution in [2.24, 2.45) is 11.8 Å². The minimum absolute atomic E-state index is 0.0982. The third-order valence-electron chi connectivity index (χ3n) is 7.08. The Labute approximate surface area is 196 Å². The van der Waals surface area contributed by atoms with Crippen molar-refractivity contribution in [3.8, 4) is 0 Å². The molecule has 0 bridgehead atoms. The number of carboxylic acid groups (broad SMARTS) is 1. The van der Waals surface area contributed by atoms with Crippen molar-refractivity contribution in [2.75, 3.05) is 12.4 Å². The third-order valence-corrected chi connectivity index (χ3v) is 9.07. The molecule has 1 aliphatic carbocycles. The summed E-state index contributed by atoms with van der Waals surface area (Å²) in [7, 11) is -3.90.